The number of para-hydroxylation sites is 2. The van der Waals surface area contributed by atoms with Crippen molar-refractivity contribution in [3.05, 3.63) is 76.9 Å². The summed E-state index contributed by atoms with van der Waals surface area (Å²) in [5.41, 5.74) is 6.68. The van der Waals surface area contributed by atoms with Crippen LogP contribution in [0.5, 0.6) is 5.75 Å². The van der Waals surface area contributed by atoms with Crippen molar-refractivity contribution < 1.29 is 27.5 Å². The fourth-order valence-corrected chi connectivity index (χ4v) is 4.25. The summed E-state index contributed by atoms with van der Waals surface area (Å²) in [5, 5.41) is 6.07. The number of ether oxygens (including phenoxy) is 1. The SMILES string of the molecule is CC(N)c1ccc(C(=O)Nc2ccccc2N(C(=O)C(F)(F)F)c2ccc(Cl)cn2)c(OC2CCCNC2)c1. The number of alkyl halides is 3. The minimum atomic E-state index is -5.22. The predicted octanol–water partition coefficient (Wildman–Crippen LogP) is 5.36. The molecule has 4 N–H and O–H groups in total. The molecule has 1 saturated heterocycles. The normalized spacial score (nSPS) is 16.3. The van der Waals surface area contributed by atoms with E-state index in [0.717, 1.165) is 31.1 Å². The highest BCUT2D eigenvalue weighted by molar-refractivity contribution is 6.30. The number of carbonyl (C=O) groups is 2. The fourth-order valence-electron chi connectivity index (χ4n) is 4.14. The molecule has 2 atom stereocenters. The number of halogens is 4. The Morgan fingerprint density at radius 3 is 2.62 bits per heavy atom. The van der Waals surface area contributed by atoms with E-state index in [4.69, 9.17) is 22.1 Å². The van der Waals surface area contributed by atoms with Crippen LogP contribution in [0.2, 0.25) is 5.02 Å². The van der Waals surface area contributed by atoms with Crippen molar-refractivity contribution in [1.82, 2.24) is 10.3 Å². The van der Waals surface area contributed by atoms with Crippen LogP contribution in [0.15, 0.2) is 60.8 Å². The molecule has 1 aliphatic heterocycles. The number of piperidine rings is 1. The van der Waals surface area contributed by atoms with E-state index in [0.29, 0.717) is 17.2 Å². The summed E-state index contributed by atoms with van der Waals surface area (Å²) >= 11 is 5.85. The summed E-state index contributed by atoms with van der Waals surface area (Å²) < 4.78 is 47.0. The van der Waals surface area contributed by atoms with Gasteiger partial charge >= 0.3 is 12.1 Å². The van der Waals surface area contributed by atoms with E-state index in [1.807, 2.05) is 0 Å². The van der Waals surface area contributed by atoms with Crippen LogP contribution < -0.4 is 26.0 Å². The zero-order valence-electron chi connectivity index (χ0n) is 21.0. The van der Waals surface area contributed by atoms with E-state index in [-0.39, 0.29) is 39.9 Å². The first-order valence-corrected chi connectivity index (χ1v) is 12.6. The van der Waals surface area contributed by atoms with Gasteiger partial charge in [0, 0.05) is 18.8 Å². The van der Waals surface area contributed by atoms with Crippen molar-refractivity contribution in [1.29, 1.82) is 0 Å². The van der Waals surface area contributed by atoms with Crippen molar-refractivity contribution >= 4 is 40.6 Å². The first-order valence-electron chi connectivity index (χ1n) is 12.2. The van der Waals surface area contributed by atoms with Gasteiger partial charge in [-0.05, 0) is 68.3 Å². The number of nitrogens with two attached hydrogens (primary N) is 1. The Labute approximate surface area is 228 Å². The Kier molecular flexibility index (Phi) is 8.73. The maximum absolute atomic E-state index is 13.6. The maximum atomic E-state index is 13.6. The first kappa shape index (κ1) is 28.3. The zero-order chi connectivity index (χ0) is 28.2. The lowest BCUT2D eigenvalue weighted by Gasteiger charge is -2.26. The molecule has 4 rings (SSSR count). The van der Waals surface area contributed by atoms with Gasteiger partial charge in [-0.15, -0.1) is 0 Å². The van der Waals surface area contributed by atoms with E-state index in [1.165, 1.54) is 36.4 Å². The lowest BCUT2D eigenvalue weighted by atomic mass is 10.0. The van der Waals surface area contributed by atoms with Gasteiger partial charge in [0.05, 0.1) is 22.0 Å². The van der Waals surface area contributed by atoms with Crippen molar-refractivity contribution in [2.75, 3.05) is 23.3 Å². The highest BCUT2D eigenvalue weighted by Crippen LogP contribution is 2.36. The highest BCUT2D eigenvalue weighted by Gasteiger charge is 2.44. The second kappa shape index (κ2) is 12.0. The smallest absolute Gasteiger partial charge is 0.472 e. The number of hydrogen-bond donors (Lipinski definition) is 3. The average molecular weight is 562 g/mol. The molecular weight excluding hydrogens is 535 g/mol. The summed E-state index contributed by atoms with van der Waals surface area (Å²) in [5.74, 6) is -2.84. The van der Waals surface area contributed by atoms with Gasteiger partial charge in [0.1, 0.15) is 17.7 Å². The van der Waals surface area contributed by atoms with Crippen LogP contribution in [0.4, 0.5) is 30.4 Å². The molecule has 1 aromatic heterocycles. The number of benzene rings is 2. The largest absolute Gasteiger partial charge is 0.488 e. The first-order chi connectivity index (χ1) is 18.5. The molecule has 206 valence electrons. The van der Waals surface area contributed by atoms with Crippen LogP contribution in [0.25, 0.3) is 0 Å². The van der Waals surface area contributed by atoms with Gasteiger partial charge in [-0.1, -0.05) is 29.8 Å². The van der Waals surface area contributed by atoms with Crippen LogP contribution in [0.3, 0.4) is 0 Å². The standard InChI is InChI=1S/C27H27ClF3N5O3/c1-16(32)17-8-10-20(23(13-17)39-19-5-4-12-33-15-19)25(37)35-21-6-2-3-7-22(21)36(26(38)27(29,30)31)24-11-9-18(28)14-34-24/h2-3,6-11,13-14,16,19,33H,4-5,12,15,32H2,1H3,(H,35,37). The van der Waals surface area contributed by atoms with Crippen LogP contribution >= 0.6 is 11.6 Å². The third-order valence-corrected chi connectivity index (χ3v) is 6.32. The van der Waals surface area contributed by atoms with E-state index in [1.54, 1.807) is 25.1 Å². The van der Waals surface area contributed by atoms with E-state index >= 15 is 0 Å². The average Bonchev–Trinajstić information content (AvgIpc) is 2.90. The number of nitrogens with zero attached hydrogens (tertiary/aromatic N) is 2. The molecule has 8 nitrogen and oxygen atoms in total. The minimum Gasteiger partial charge on any atom is -0.488 e. The molecule has 1 fully saturated rings. The molecule has 0 aliphatic carbocycles. The Morgan fingerprint density at radius 2 is 1.97 bits per heavy atom. The topological polar surface area (TPSA) is 110 Å². The fraction of sp³-hybridized carbons (Fsp3) is 0.296. The number of amides is 2. The summed E-state index contributed by atoms with van der Waals surface area (Å²) in [6.45, 7) is 3.28. The number of carbonyl (C=O) groups excluding carboxylic acids is 2. The van der Waals surface area contributed by atoms with Gasteiger partial charge in [0.2, 0.25) is 0 Å². The van der Waals surface area contributed by atoms with Gasteiger partial charge in [-0.2, -0.15) is 13.2 Å². The van der Waals surface area contributed by atoms with Crippen molar-refractivity contribution in [3.63, 3.8) is 0 Å². The van der Waals surface area contributed by atoms with E-state index < -0.39 is 18.0 Å². The predicted molar refractivity (Wildman–Crippen MR) is 142 cm³/mol. The monoisotopic (exact) mass is 561 g/mol. The molecule has 2 unspecified atom stereocenters. The van der Waals surface area contributed by atoms with Crippen molar-refractivity contribution in [3.8, 4) is 5.75 Å². The maximum Gasteiger partial charge on any atom is 0.472 e. The molecule has 2 aromatic carbocycles. The molecule has 0 saturated carbocycles. The number of hydrogen-bond acceptors (Lipinski definition) is 6. The summed E-state index contributed by atoms with van der Waals surface area (Å²) in [4.78, 5) is 30.3. The van der Waals surface area contributed by atoms with E-state index in [9.17, 15) is 22.8 Å². The number of aromatic nitrogens is 1. The minimum absolute atomic E-state index is 0.0431. The van der Waals surface area contributed by atoms with Gasteiger partial charge < -0.3 is 21.1 Å². The third kappa shape index (κ3) is 6.86. The lowest BCUT2D eigenvalue weighted by molar-refractivity contribution is -0.169. The van der Waals surface area contributed by atoms with Crippen molar-refractivity contribution in [2.45, 2.75) is 38.1 Å². The molecule has 0 spiro atoms. The highest BCUT2D eigenvalue weighted by atomic mass is 35.5. The van der Waals surface area contributed by atoms with Crippen LogP contribution in [0, 0.1) is 0 Å². The number of pyridine rings is 1. The van der Waals surface area contributed by atoms with Gasteiger partial charge in [-0.25, -0.2) is 4.98 Å². The molecule has 39 heavy (non-hydrogen) atoms. The zero-order valence-corrected chi connectivity index (χ0v) is 21.7. The summed E-state index contributed by atoms with van der Waals surface area (Å²) in [7, 11) is 0. The van der Waals surface area contributed by atoms with Gasteiger partial charge in [0.25, 0.3) is 5.91 Å². The van der Waals surface area contributed by atoms with Crippen LogP contribution in [-0.4, -0.2) is 42.2 Å². The Balaban J connectivity index is 1.71. The molecule has 3 aromatic rings. The number of nitrogens with one attached hydrogen (secondary N) is 2. The van der Waals surface area contributed by atoms with Crippen LogP contribution in [-0.2, 0) is 4.79 Å². The van der Waals surface area contributed by atoms with Gasteiger partial charge in [-0.3, -0.25) is 14.5 Å². The quantitative estimate of drug-likeness (QED) is 0.358. The second-order valence-electron chi connectivity index (χ2n) is 9.07. The Bertz CT molecular complexity index is 1330. The molecule has 12 heteroatoms. The Morgan fingerprint density at radius 1 is 1.21 bits per heavy atom. The van der Waals surface area contributed by atoms with Crippen molar-refractivity contribution in [2.24, 2.45) is 5.73 Å². The lowest BCUT2D eigenvalue weighted by Crippen LogP contribution is -2.39. The second-order valence-corrected chi connectivity index (χ2v) is 9.51. The molecular formula is C27H27ClF3N5O3. The third-order valence-electron chi connectivity index (χ3n) is 6.10. The summed E-state index contributed by atoms with van der Waals surface area (Å²) in [6.07, 6.45) is -2.56. The number of anilines is 3. The molecule has 0 radical (unpaired) electrons. The Hall–Kier alpha value is -3.67. The molecule has 2 heterocycles. The van der Waals surface area contributed by atoms with E-state index in [2.05, 4.69) is 15.6 Å². The number of rotatable bonds is 7. The van der Waals surface area contributed by atoms with Gasteiger partial charge in [0.15, 0.2) is 0 Å². The molecule has 1 aliphatic rings. The summed E-state index contributed by atoms with van der Waals surface area (Å²) in [6, 6.07) is 12.7. The molecule has 2 amide bonds. The molecule has 0 bridgehead atoms. The van der Waals surface area contributed by atoms with Crippen LogP contribution in [0.1, 0.15) is 41.7 Å².